The number of fused-ring (bicyclic) bond motifs is 2. The number of ether oxygens (including phenoxy) is 4. The number of piperidine rings is 2. The van der Waals surface area contributed by atoms with Gasteiger partial charge in [0.15, 0.2) is 34.6 Å². The Bertz CT molecular complexity index is 1790. The average Bonchev–Trinajstić information content (AvgIpc) is 3.71. The molecule has 0 amide bonds. The second kappa shape index (κ2) is 18.5. The van der Waals surface area contributed by atoms with Crippen LogP contribution in [0.25, 0.3) is 0 Å². The topological polar surface area (TPSA) is 77.5 Å². The molecule has 2 atom stereocenters. The molecule has 2 fully saturated rings. The van der Waals surface area contributed by atoms with Crippen LogP contribution in [0.5, 0.6) is 23.0 Å². The van der Waals surface area contributed by atoms with Gasteiger partial charge in [0, 0.05) is 36.1 Å². The normalized spacial score (nSPS) is 20.2. The van der Waals surface area contributed by atoms with E-state index in [9.17, 15) is 9.59 Å². The standard InChI is InChI=1S/2C24H29NO3/c2*1-27-22-14-19-13-20(24(26)21(19)15-23(22)28-2)12-17-8-10-25(11-9-17)16-18-6-4-3-5-7-18/h2*3-7,14-15,17,20H,8-13,16H2,1-2H3. The Hall–Kier alpha value is -4.66. The monoisotopic (exact) mass is 758 g/mol. The van der Waals surface area contributed by atoms with Crippen molar-refractivity contribution in [3.63, 3.8) is 0 Å². The summed E-state index contributed by atoms with van der Waals surface area (Å²) in [4.78, 5) is 30.9. The van der Waals surface area contributed by atoms with Crippen LogP contribution in [0.2, 0.25) is 0 Å². The van der Waals surface area contributed by atoms with Crippen molar-refractivity contribution in [3.8, 4) is 23.0 Å². The fourth-order valence-electron chi connectivity index (χ4n) is 9.42. The predicted octanol–water partition coefficient (Wildman–Crippen LogP) is 8.72. The van der Waals surface area contributed by atoms with Crippen molar-refractivity contribution in [2.24, 2.45) is 23.7 Å². The zero-order chi connectivity index (χ0) is 39.0. The van der Waals surface area contributed by atoms with E-state index >= 15 is 0 Å². The van der Waals surface area contributed by atoms with Gasteiger partial charge >= 0.3 is 0 Å². The largest absolute Gasteiger partial charge is 0.493 e. The number of ketones is 2. The van der Waals surface area contributed by atoms with Gasteiger partial charge in [-0.2, -0.15) is 0 Å². The number of methoxy groups -OCH3 is 4. The number of hydrogen-bond donors (Lipinski definition) is 0. The van der Waals surface area contributed by atoms with Crippen molar-refractivity contribution in [2.45, 2.75) is 64.5 Å². The number of Topliss-reactive ketones (excluding diaryl/α,β-unsaturated/α-hetero) is 2. The molecule has 0 N–H and O–H groups in total. The summed E-state index contributed by atoms with van der Waals surface area (Å²) < 4.78 is 21.5. The lowest BCUT2D eigenvalue weighted by molar-refractivity contribution is 0.0889. The molecule has 2 unspecified atom stereocenters. The van der Waals surface area contributed by atoms with Gasteiger partial charge in [-0.1, -0.05) is 60.7 Å². The lowest BCUT2D eigenvalue weighted by Crippen LogP contribution is -2.34. The van der Waals surface area contributed by atoms with Crippen LogP contribution in [0.3, 0.4) is 0 Å². The molecule has 0 saturated carbocycles. The van der Waals surface area contributed by atoms with Crippen LogP contribution >= 0.6 is 0 Å². The number of benzene rings is 4. The third-order valence-corrected chi connectivity index (χ3v) is 12.6. The SMILES string of the molecule is COc1cc2c(cc1OC)C(=O)C(CC1CCN(Cc3ccccc3)CC1)C2.COc1cc2c(cc1OC)C(=O)C(CC1CCN(Cc3ccccc3)CC1)C2. The number of rotatable bonds is 12. The summed E-state index contributed by atoms with van der Waals surface area (Å²) in [5, 5.41) is 0. The summed E-state index contributed by atoms with van der Waals surface area (Å²) in [6, 6.07) is 29.0. The van der Waals surface area contributed by atoms with E-state index in [2.05, 4.69) is 70.5 Å². The molecule has 0 bridgehead atoms. The first-order chi connectivity index (χ1) is 27.3. The minimum absolute atomic E-state index is 0.109. The van der Waals surface area contributed by atoms with Gasteiger partial charge in [0.1, 0.15) is 0 Å². The maximum Gasteiger partial charge on any atom is 0.166 e. The highest BCUT2D eigenvalue weighted by Crippen LogP contribution is 2.41. The first kappa shape index (κ1) is 39.6. The molecule has 4 aromatic carbocycles. The second-order valence-corrected chi connectivity index (χ2v) is 16.1. The second-order valence-electron chi connectivity index (χ2n) is 16.1. The Kier molecular flexibility index (Phi) is 13.1. The van der Waals surface area contributed by atoms with Crippen molar-refractivity contribution in [3.05, 3.63) is 118 Å². The minimum atomic E-state index is 0.109. The lowest BCUT2D eigenvalue weighted by atomic mass is 9.85. The number of carbonyl (C=O) groups excluding carboxylic acids is 2. The zero-order valence-corrected chi connectivity index (χ0v) is 33.6. The first-order valence-corrected chi connectivity index (χ1v) is 20.5. The van der Waals surface area contributed by atoms with Crippen LogP contribution < -0.4 is 18.9 Å². The van der Waals surface area contributed by atoms with Gasteiger partial charge in [-0.05, 0) is 136 Å². The Labute approximate surface area is 333 Å². The number of likely N-dealkylation sites (tertiary alicyclic amines) is 2. The first-order valence-electron chi connectivity index (χ1n) is 20.5. The third kappa shape index (κ3) is 9.30. The quantitative estimate of drug-likeness (QED) is 0.142. The number of nitrogens with zero attached hydrogens (tertiary/aromatic N) is 2. The molecule has 4 aliphatic rings. The van der Waals surface area contributed by atoms with Crippen LogP contribution in [0, 0.1) is 23.7 Å². The molecular weight excluding hydrogens is 701 g/mol. The molecule has 4 aromatic rings. The summed E-state index contributed by atoms with van der Waals surface area (Å²) in [5.41, 5.74) is 6.62. The molecule has 8 nitrogen and oxygen atoms in total. The van der Waals surface area contributed by atoms with Gasteiger partial charge in [0.2, 0.25) is 0 Å². The van der Waals surface area contributed by atoms with Gasteiger partial charge in [0.25, 0.3) is 0 Å². The molecule has 8 heteroatoms. The molecule has 2 saturated heterocycles. The number of carbonyl (C=O) groups is 2. The summed E-state index contributed by atoms with van der Waals surface area (Å²) in [6.07, 6.45) is 8.38. The smallest absolute Gasteiger partial charge is 0.166 e. The van der Waals surface area contributed by atoms with Gasteiger partial charge in [0.05, 0.1) is 28.4 Å². The maximum absolute atomic E-state index is 12.9. The molecule has 0 aromatic heterocycles. The van der Waals surface area contributed by atoms with Crippen LogP contribution in [0.4, 0.5) is 0 Å². The van der Waals surface area contributed by atoms with E-state index in [1.165, 1.54) is 36.8 Å². The van der Waals surface area contributed by atoms with E-state index in [0.717, 1.165) is 87.2 Å². The van der Waals surface area contributed by atoms with Crippen molar-refractivity contribution in [1.29, 1.82) is 0 Å². The molecule has 2 aliphatic heterocycles. The molecule has 0 radical (unpaired) electrons. The molecule has 2 heterocycles. The van der Waals surface area contributed by atoms with E-state index in [1.807, 2.05) is 24.3 Å². The number of hydrogen-bond acceptors (Lipinski definition) is 8. The van der Waals surface area contributed by atoms with Gasteiger partial charge < -0.3 is 18.9 Å². The van der Waals surface area contributed by atoms with E-state index in [-0.39, 0.29) is 23.4 Å². The molecule has 8 rings (SSSR count). The highest BCUT2D eigenvalue weighted by molar-refractivity contribution is 6.03. The van der Waals surface area contributed by atoms with Crippen molar-refractivity contribution < 1.29 is 28.5 Å². The Morgan fingerprint density at radius 3 is 1.18 bits per heavy atom. The maximum atomic E-state index is 12.9. The lowest BCUT2D eigenvalue weighted by Gasteiger charge is -2.32. The summed E-state index contributed by atoms with van der Waals surface area (Å²) in [5.74, 6) is 4.76. The van der Waals surface area contributed by atoms with E-state index in [4.69, 9.17) is 18.9 Å². The van der Waals surface area contributed by atoms with Crippen LogP contribution in [-0.4, -0.2) is 76.0 Å². The van der Waals surface area contributed by atoms with Crippen LogP contribution in [0.1, 0.15) is 81.5 Å². The highest BCUT2D eigenvalue weighted by atomic mass is 16.5. The molecule has 0 spiro atoms. The molecule has 296 valence electrons. The molecule has 56 heavy (non-hydrogen) atoms. The predicted molar refractivity (Wildman–Crippen MR) is 220 cm³/mol. The van der Waals surface area contributed by atoms with E-state index < -0.39 is 0 Å². The third-order valence-electron chi connectivity index (χ3n) is 12.6. The minimum Gasteiger partial charge on any atom is -0.493 e. The van der Waals surface area contributed by atoms with E-state index in [0.29, 0.717) is 34.8 Å². The van der Waals surface area contributed by atoms with Crippen LogP contribution in [0.15, 0.2) is 84.9 Å². The fourth-order valence-corrected chi connectivity index (χ4v) is 9.42. The van der Waals surface area contributed by atoms with Gasteiger partial charge in [-0.3, -0.25) is 19.4 Å². The van der Waals surface area contributed by atoms with Gasteiger partial charge in [-0.25, -0.2) is 0 Å². The Morgan fingerprint density at radius 1 is 0.500 bits per heavy atom. The Balaban J connectivity index is 0.000000172. The Morgan fingerprint density at radius 2 is 0.839 bits per heavy atom. The van der Waals surface area contributed by atoms with Crippen molar-refractivity contribution in [1.82, 2.24) is 9.80 Å². The highest BCUT2D eigenvalue weighted by Gasteiger charge is 2.36. The molecule has 2 aliphatic carbocycles. The summed E-state index contributed by atoms with van der Waals surface area (Å²) in [6.45, 7) is 6.54. The summed E-state index contributed by atoms with van der Waals surface area (Å²) in [7, 11) is 6.51. The van der Waals surface area contributed by atoms with Crippen molar-refractivity contribution >= 4 is 11.6 Å². The van der Waals surface area contributed by atoms with Gasteiger partial charge in [-0.15, -0.1) is 0 Å². The zero-order valence-electron chi connectivity index (χ0n) is 33.6. The van der Waals surface area contributed by atoms with E-state index in [1.54, 1.807) is 28.4 Å². The van der Waals surface area contributed by atoms with Crippen molar-refractivity contribution in [2.75, 3.05) is 54.6 Å². The average molecular weight is 759 g/mol. The fraction of sp³-hybridized carbons (Fsp3) is 0.458. The summed E-state index contributed by atoms with van der Waals surface area (Å²) >= 11 is 0. The molecular formula is C48H58N2O6. The van der Waals surface area contributed by atoms with Crippen LogP contribution in [-0.2, 0) is 25.9 Å².